The van der Waals surface area contributed by atoms with Crippen molar-refractivity contribution in [3.05, 3.63) is 75.0 Å². The van der Waals surface area contributed by atoms with E-state index in [4.69, 9.17) is 0 Å². The van der Waals surface area contributed by atoms with Gasteiger partial charge in [0.2, 0.25) is 0 Å². The molecule has 2 nitrogen and oxygen atoms in total. The third kappa shape index (κ3) is 5.15. The second kappa shape index (κ2) is 9.09. The van der Waals surface area contributed by atoms with Crippen LogP contribution in [-0.2, 0) is 6.18 Å². The summed E-state index contributed by atoms with van der Waals surface area (Å²) < 4.78 is 38.6. The summed E-state index contributed by atoms with van der Waals surface area (Å²) in [7, 11) is 0. The van der Waals surface area contributed by atoms with E-state index < -0.39 is 17.7 Å². The normalized spacial score (nSPS) is 12.9. The van der Waals surface area contributed by atoms with E-state index in [2.05, 4.69) is 13.8 Å². The van der Waals surface area contributed by atoms with E-state index in [-0.39, 0.29) is 11.2 Å². The standard InChI is InChI=1S/C24H23F3O2S2/c1-13(2)21(19-9-10-30-22(19)23(28)29)31-18-11-14(3)20(15(4)12-18)16-5-7-17(8-6-16)24(25,26)27/h5-13,21H,1-4H3,(H,28,29). The number of hydrogen-bond donors (Lipinski definition) is 1. The first-order valence-corrected chi connectivity index (χ1v) is 11.5. The lowest BCUT2D eigenvalue weighted by atomic mass is 9.95. The summed E-state index contributed by atoms with van der Waals surface area (Å²) in [6.45, 7) is 8.03. The van der Waals surface area contributed by atoms with Crippen molar-refractivity contribution < 1.29 is 23.1 Å². The lowest BCUT2D eigenvalue weighted by Gasteiger charge is -2.22. The SMILES string of the molecule is Cc1cc(SC(c2ccsc2C(=O)O)C(C)C)cc(C)c1-c1ccc(C(F)(F)F)cc1. The Morgan fingerprint density at radius 3 is 2.10 bits per heavy atom. The molecule has 0 saturated carbocycles. The first-order chi connectivity index (χ1) is 14.5. The van der Waals surface area contributed by atoms with Crippen molar-refractivity contribution in [2.75, 3.05) is 0 Å². The maximum absolute atomic E-state index is 12.9. The van der Waals surface area contributed by atoms with Gasteiger partial charge in [-0.15, -0.1) is 23.1 Å². The van der Waals surface area contributed by atoms with Crippen LogP contribution in [0, 0.1) is 19.8 Å². The summed E-state index contributed by atoms with van der Waals surface area (Å²) in [4.78, 5) is 13.0. The van der Waals surface area contributed by atoms with Crippen LogP contribution in [0.15, 0.2) is 52.7 Å². The molecule has 164 valence electrons. The number of hydrogen-bond acceptors (Lipinski definition) is 3. The van der Waals surface area contributed by atoms with Crippen LogP contribution in [0.3, 0.4) is 0 Å². The molecule has 1 atom stereocenters. The van der Waals surface area contributed by atoms with Crippen molar-refractivity contribution in [1.29, 1.82) is 0 Å². The average Bonchev–Trinajstić information content (AvgIpc) is 3.15. The molecule has 0 aliphatic rings. The zero-order chi connectivity index (χ0) is 22.9. The van der Waals surface area contributed by atoms with Crippen LogP contribution in [0.4, 0.5) is 13.2 Å². The molecule has 0 amide bonds. The molecule has 0 aliphatic heterocycles. The quantitative estimate of drug-likeness (QED) is 0.373. The fraction of sp³-hybridized carbons (Fsp3) is 0.292. The number of aromatic carboxylic acids is 1. The van der Waals surface area contributed by atoms with Crippen LogP contribution >= 0.6 is 23.1 Å². The molecule has 0 radical (unpaired) electrons. The topological polar surface area (TPSA) is 37.3 Å². The van der Waals surface area contributed by atoms with E-state index in [1.807, 2.05) is 32.0 Å². The van der Waals surface area contributed by atoms with E-state index in [1.165, 1.54) is 23.5 Å². The zero-order valence-corrected chi connectivity index (χ0v) is 19.2. The molecule has 31 heavy (non-hydrogen) atoms. The number of carboxylic acids is 1. The van der Waals surface area contributed by atoms with E-state index in [9.17, 15) is 23.1 Å². The fourth-order valence-corrected chi connectivity index (χ4v) is 5.93. The summed E-state index contributed by atoms with van der Waals surface area (Å²) in [5, 5.41) is 11.3. The van der Waals surface area contributed by atoms with Gasteiger partial charge in [-0.05, 0) is 83.3 Å². The lowest BCUT2D eigenvalue weighted by Crippen LogP contribution is -2.07. The molecule has 3 aromatic rings. The third-order valence-corrected chi connectivity index (χ3v) is 7.55. The predicted molar refractivity (Wildman–Crippen MR) is 121 cm³/mol. The Morgan fingerprint density at radius 2 is 1.61 bits per heavy atom. The highest BCUT2D eigenvalue weighted by atomic mass is 32.2. The van der Waals surface area contributed by atoms with Gasteiger partial charge in [-0.25, -0.2) is 4.79 Å². The van der Waals surface area contributed by atoms with Gasteiger partial charge in [0.15, 0.2) is 0 Å². The minimum Gasteiger partial charge on any atom is -0.477 e. The lowest BCUT2D eigenvalue weighted by molar-refractivity contribution is -0.137. The van der Waals surface area contributed by atoms with Crippen molar-refractivity contribution in [1.82, 2.24) is 0 Å². The van der Waals surface area contributed by atoms with Gasteiger partial charge in [-0.3, -0.25) is 0 Å². The highest BCUT2D eigenvalue weighted by molar-refractivity contribution is 7.99. The van der Waals surface area contributed by atoms with Gasteiger partial charge in [0.05, 0.1) is 5.56 Å². The molecule has 0 bridgehead atoms. The number of halogens is 3. The molecular weight excluding hydrogens is 441 g/mol. The largest absolute Gasteiger partial charge is 0.477 e. The minimum atomic E-state index is -4.36. The first-order valence-electron chi connectivity index (χ1n) is 9.75. The van der Waals surface area contributed by atoms with Crippen LogP contribution < -0.4 is 0 Å². The van der Waals surface area contributed by atoms with Crippen molar-refractivity contribution in [2.45, 2.75) is 44.0 Å². The fourth-order valence-electron chi connectivity index (χ4n) is 3.70. The third-order valence-electron chi connectivity index (χ3n) is 5.07. The highest BCUT2D eigenvalue weighted by Crippen LogP contribution is 2.45. The van der Waals surface area contributed by atoms with Crippen LogP contribution in [-0.4, -0.2) is 11.1 Å². The Morgan fingerprint density at radius 1 is 1.03 bits per heavy atom. The Kier molecular flexibility index (Phi) is 6.86. The Hall–Kier alpha value is -2.25. The van der Waals surface area contributed by atoms with Crippen molar-refractivity contribution in [3.63, 3.8) is 0 Å². The summed E-state index contributed by atoms with van der Waals surface area (Å²) in [5.41, 5.74) is 3.75. The molecule has 2 aromatic carbocycles. The highest BCUT2D eigenvalue weighted by Gasteiger charge is 2.30. The summed E-state index contributed by atoms with van der Waals surface area (Å²) in [6.07, 6.45) is -4.36. The molecule has 1 aromatic heterocycles. The van der Waals surface area contributed by atoms with Crippen molar-refractivity contribution in [3.8, 4) is 11.1 Å². The monoisotopic (exact) mass is 464 g/mol. The van der Waals surface area contributed by atoms with Crippen LogP contribution in [0.2, 0.25) is 0 Å². The number of benzene rings is 2. The molecule has 0 aliphatic carbocycles. The van der Waals surface area contributed by atoms with Gasteiger partial charge in [-0.2, -0.15) is 13.2 Å². The van der Waals surface area contributed by atoms with Crippen molar-refractivity contribution >= 4 is 29.1 Å². The second-order valence-corrected chi connectivity index (χ2v) is 9.93. The Bertz CT molecular complexity index is 1060. The Balaban J connectivity index is 1.94. The van der Waals surface area contributed by atoms with E-state index in [0.717, 1.165) is 44.8 Å². The zero-order valence-electron chi connectivity index (χ0n) is 17.6. The minimum absolute atomic E-state index is 0.0203. The maximum Gasteiger partial charge on any atom is 0.416 e. The number of aryl methyl sites for hydroxylation is 2. The molecule has 1 heterocycles. The molecule has 7 heteroatoms. The predicted octanol–water partition coefficient (Wildman–Crippen LogP) is 8.24. The number of thioether (sulfide) groups is 1. The Labute approximate surface area is 188 Å². The number of carbonyl (C=O) groups is 1. The molecule has 0 spiro atoms. The van der Waals surface area contributed by atoms with E-state index >= 15 is 0 Å². The van der Waals surface area contributed by atoms with Crippen LogP contribution in [0.5, 0.6) is 0 Å². The van der Waals surface area contributed by atoms with Gasteiger partial charge in [0.25, 0.3) is 0 Å². The summed E-state index contributed by atoms with van der Waals surface area (Å²) in [6, 6.07) is 11.1. The number of thiophene rings is 1. The molecule has 0 fully saturated rings. The van der Waals surface area contributed by atoms with Gasteiger partial charge < -0.3 is 5.11 Å². The van der Waals surface area contributed by atoms with Gasteiger partial charge in [0, 0.05) is 10.1 Å². The number of carboxylic acid groups (broad SMARTS) is 1. The number of rotatable bonds is 6. The van der Waals surface area contributed by atoms with Gasteiger partial charge in [-0.1, -0.05) is 26.0 Å². The van der Waals surface area contributed by atoms with Crippen LogP contribution in [0.1, 0.15) is 51.0 Å². The summed E-state index contributed by atoms with van der Waals surface area (Å²) in [5.74, 6) is -0.700. The summed E-state index contributed by atoms with van der Waals surface area (Å²) >= 11 is 2.85. The van der Waals surface area contributed by atoms with Gasteiger partial charge >= 0.3 is 12.1 Å². The average molecular weight is 465 g/mol. The van der Waals surface area contributed by atoms with Crippen LogP contribution in [0.25, 0.3) is 11.1 Å². The smallest absolute Gasteiger partial charge is 0.416 e. The first kappa shape index (κ1) is 23.4. The van der Waals surface area contributed by atoms with E-state index in [0.29, 0.717) is 4.88 Å². The maximum atomic E-state index is 12.9. The molecule has 3 rings (SSSR count). The van der Waals surface area contributed by atoms with Crippen molar-refractivity contribution in [2.24, 2.45) is 5.92 Å². The molecule has 1 N–H and O–H groups in total. The molecule has 0 saturated heterocycles. The molecular formula is C24H23F3O2S2. The number of alkyl halides is 3. The molecule has 1 unspecified atom stereocenters. The van der Waals surface area contributed by atoms with E-state index in [1.54, 1.807) is 17.1 Å². The van der Waals surface area contributed by atoms with Gasteiger partial charge in [0.1, 0.15) is 4.88 Å². The second-order valence-electron chi connectivity index (χ2n) is 7.80.